The predicted molar refractivity (Wildman–Crippen MR) is 91.8 cm³/mol. The molecule has 0 spiro atoms. The third-order valence-electron chi connectivity index (χ3n) is 5.36. The molecule has 2 N–H and O–H groups in total. The molecule has 0 aromatic carbocycles. The molecule has 0 radical (unpaired) electrons. The number of nitrogens with zero attached hydrogens (tertiary/aromatic N) is 1. The Balaban J connectivity index is 1.59. The highest BCUT2D eigenvalue weighted by molar-refractivity contribution is 5.76. The molecule has 0 bridgehead atoms. The normalized spacial score (nSPS) is 23.9. The zero-order valence-electron chi connectivity index (χ0n) is 14.6. The fourth-order valence-corrected chi connectivity index (χ4v) is 3.88. The SMILES string of the molecule is CC(CNC(=O)CC(C)C1CCNCC1)CN1CCCCC1. The first-order chi connectivity index (χ1) is 10.6. The Labute approximate surface area is 136 Å². The summed E-state index contributed by atoms with van der Waals surface area (Å²) >= 11 is 0. The molecule has 2 saturated heterocycles. The van der Waals surface area contributed by atoms with Crippen molar-refractivity contribution in [3.63, 3.8) is 0 Å². The number of amides is 1. The van der Waals surface area contributed by atoms with Crippen molar-refractivity contribution in [1.29, 1.82) is 0 Å². The average molecular weight is 309 g/mol. The number of piperidine rings is 2. The van der Waals surface area contributed by atoms with Gasteiger partial charge in [-0.2, -0.15) is 0 Å². The van der Waals surface area contributed by atoms with Gasteiger partial charge >= 0.3 is 0 Å². The summed E-state index contributed by atoms with van der Waals surface area (Å²) in [4.78, 5) is 14.7. The third kappa shape index (κ3) is 6.25. The summed E-state index contributed by atoms with van der Waals surface area (Å²) in [6.07, 6.45) is 7.20. The van der Waals surface area contributed by atoms with Gasteiger partial charge in [-0.25, -0.2) is 0 Å². The lowest BCUT2D eigenvalue weighted by molar-refractivity contribution is -0.122. The van der Waals surface area contributed by atoms with Gasteiger partial charge in [-0.1, -0.05) is 20.3 Å². The minimum atomic E-state index is 0.247. The molecule has 0 aromatic heterocycles. The van der Waals surface area contributed by atoms with E-state index in [1.807, 2.05) is 0 Å². The summed E-state index contributed by atoms with van der Waals surface area (Å²) in [7, 11) is 0. The van der Waals surface area contributed by atoms with Crippen LogP contribution >= 0.6 is 0 Å². The lowest BCUT2D eigenvalue weighted by Gasteiger charge is -2.29. The lowest BCUT2D eigenvalue weighted by Crippen LogP contribution is -2.38. The number of nitrogens with one attached hydrogen (secondary N) is 2. The molecule has 0 aromatic rings. The summed E-state index contributed by atoms with van der Waals surface area (Å²) in [5.74, 6) is 2.03. The number of carbonyl (C=O) groups excluding carboxylic acids is 1. The number of rotatable bonds is 7. The highest BCUT2D eigenvalue weighted by atomic mass is 16.1. The van der Waals surface area contributed by atoms with Gasteiger partial charge in [0, 0.05) is 19.5 Å². The topological polar surface area (TPSA) is 44.4 Å². The van der Waals surface area contributed by atoms with Gasteiger partial charge in [0.2, 0.25) is 5.91 Å². The van der Waals surface area contributed by atoms with Crippen molar-refractivity contribution in [1.82, 2.24) is 15.5 Å². The van der Waals surface area contributed by atoms with Crippen LogP contribution in [0, 0.1) is 17.8 Å². The van der Waals surface area contributed by atoms with Crippen molar-refractivity contribution in [3.8, 4) is 0 Å². The van der Waals surface area contributed by atoms with Crippen LogP contribution in [0.25, 0.3) is 0 Å². The maximum atomic E-state index is 12.2. The molecule has 2 atom stereocenters. The van der Waals surface area contributed by atoms with Crippen molar-refractivity contribution in [3.05, 3.63) is 0 Å². The Kier molecular flexibility index (Phi) is 7.67. The van der Waals surface area contributed by atoms with E-state index in [0.29, 0.717) is 18.3 Å². The van der Waals surface area contributed by atoms with Crippen LogP contribution < -0.4 is 10.6 Å². The molecule has 22 heavy (non-hydrogen) atoms. The van der Waals surface area contributed by atoms with E-state index in [9.17, 15) is 4.79 Å². The Hall–Kier alpha value is -0.610. The van der Waals surface area contributed by atoms with E-state index in [-0.39, 0.29) is 5.91 Å². The summed E-state index contributed by atoms with van der Waals surface area (Å²) in [5.41, 5.74) is 0. The van der Waals surface area contributed by atoms with Crippen molar-refractivity contribution >= 4 is 5.91 Å². The van der Waals surface area contributed by atoms with E-state index in [1.165, 1.54) is 45.2 Å². The van der Waals surface area contributed by atoms with Gasteiger partial charge in [-0.05, 0) is 69.6 Å². The van der Waals surface area contributed by atoms with Crippen molar-refractivity contribution in [2.75, 3.05) is 39.3 Å². The maximum absolute atomic E-state index is 12.2. The van der Waals surface area contributed by atoms with Crippen molar-refractivity contribution < 1.29 is 4.79 Å². The van der Waals surface area contributed by atoms with Crippen LogP contribution in [0.1, 0.15) is 52.4 Å². The van der Waals surface area contributed by atoms with Crippen LogP contribution in [-0.4, -0.2) is 50.1 Å². The van der Waals surface area contributed by atoms with Gasteiger partial charge in [-0.15, -0.1) is 0 Å². The first kappa shape index (κ1) is 17.7. The minimum Gasteiger partial charge on any atom is -0.356 e. The van der Waals surface area contributed by atoms with Gasteiger partial charge in [0.25, 0.3) is 0 Å². The molecule has 4 nitrogen and oxygen atoms in total. The Morgan fingerprint density at radius 3 is 2.55 bits per heavy atom. The standard InChI is InChI=1S/C18H35N3O/c1-15(14-21-10-4-3-5-11-21)13-20-18(22)12-16(2)17-6-8-19-9-7-17/h15-17,19H,3-14H2,1-2H3,(H,20,22). The van der Waals surface area contributed by atoms with Gasteiger partial charge < -0.3 is 15.5 Å². The monoisotopic (exact) mass is 309 g/mol. The van der Waals surface area contributed by atoms with Gasteiger partial charge in [0.05, 0.1) is 0 Å². The smallest absolute Gasteiger partial charge is 0.220 e. The second-order valence-electron chi connectivity index (χ2n) is 7.54. The first-order valence-electron chi connectivity index (χ1n) is 9.35. The van der Waals surface area contributed by atoms with Crippen LogP contribution in [0.2, 0.25) is 0 Å². The molecular formula is C18H35N3O. The zero-order chi connectivity index (χ0) is 15.8. The van der Waals surface area contributed by atoms with E-state index in [2.05, 4.69) is 29.4 Å². The van der Waals surface area contributed by atoms with E-state index in [4.69, 9.17) is 0 Å². The number of hydrogen-bond donors (Lipinski definition) is 2. The van der Waals surface area contributed by atoms with Crippen LogP contribution in [0.5, 0.6) is 0 Å². The second-order valence-corrected chi connectivity index (χ2v) is 7.54. The van der Waals surface area contributed by atoms with Gasteiger partial charge in [0.1, 0.15) is 0 Å². The summed E-state index contributed by atoms with van der Waals surface area (Å²) < 4.78 is 0. The van der Waals surface area contributed by atoms with Gasteiger partial charge in [0.15, 0.2) is 0 Å². The van der Waals surface area contributed by atoms with E-state index in [1.54, 1.807) is 0 Å². The quantitative estimate of drug-likeness (QED) is 0.758. The minimum absolute atomic E-state index is 0.247. The number of hydrogen-bond acceptors (Lipinski definition) is 3. The van der Waals surface area contributed by atoms with Gasteiger partial charge in [-0.3, -0.25) is 4.79 Å². The van der Waals surface area contributed by atoms with E-state index in [0.717, 1.165) is 32.1 Å². The summed E-state index contributed by atoms with van der Waals surface area (Å²) in [6.45, 7) is 11.2. The molecule has 2 aliphatic rings. The predicted octanol–water partition coefficient (Wildman–Crippen LogP) is 2.25. The fraction of sp³-hybridized carbons (Fsp3) is 0.944. The molecule has 2 rings (SSSR count). The Morgan fingerprint density at radius 2 is 1.86 bits per heavy atom. The van der Waals surface area contributed by atoms with E-state index < -0.39 is 0 Å². The Morgan fingerprint density at radius 1 is 1.18 bits per heavy atom. The average Bonchev–Trinajstić information content (AvgIpc) is 2.55. The molecule has 2 aliphatic heterocycles. The zero-order valence-corrected chi connectivity index (χ0v) is 14.6. The number of carbonyl (C=O) groups is 1. The third-order valence-corrected chi connectivity index (χ3v) is 5.36. The van der Waals surface area contributed by atoms with Crippen LogP contribution in [0.4, 0.5) is 0 Å². The Bertz CT molecular complexity index is 322. The molecule has 0 aliphatic carbocycles. The number of likely N-dealkylation sites (tertiary alicyclic amines) is 1. The van der Waals surface area contributed by atoms with Crippen molar-refractivity contribution in [2.45, 2.75) is 52.4 Å². The van der Waals surface area contributed by atoms with E-state index >= 15 is 0 Å². The van der Waals surface area contributed by atoms with Crippen LogP contribution in [-0.2, 0) is 4.79 Å². The second kappa shape index (κ2) is 9.51. The lowest BCUT2D eigenvalue weighted by atomic mass is 9.84. The highest BCUT2D eigenvalue weighted by Gasteiger charge is 2.22. The molecule has 2 heterocycles. The largest absolute Gasteiger partial charge is 0.356 e. The molecule has 128 valence electrons. The summed E-state index contributed by atoms with van der Waals surface area (Å²) in [6, 6.07) is 0. The fourth-order valence-electron chi connectivity index (χ4n) is 3.88. The first-order valence-corrected chi connectivity index (χ1v) is 9.35. The van der Waals surface area contributed by atoms with Crippen LogP contribution in [0.15, 0.2) is 0 Å². The molecule has 1 amide bonds. The molecule has 4 heteroatoms. The highest BCUT2D eigenvalue weighted by Crippen LogP contribution is 2.24. The molecule has 2 fully saturated rings. The summed E-state index contributed by atoms with van der Waals surface area (Å²) in [5, 5.41) is 6.56. The molecular weight excluding hydrogens is 274 g/mol. The van der Waals surface area contributed by atoms with Crippen LogP contribution in [0.3, 0.4) is 0 Å². The molecule has 2 unspecified atom stereocenters. The molecule has 0 saturated carbocycles. The maximum Gasteiger partial charge on any atom is 0.220 e. The van der Waals surface area contributed by atoms with Crippen molar-refractivity contribution in [2.24, 2.45) is 17.8 Å².